The van der Waals surface area contributed by atoms with Crippen LogP contribution in [0.3, 0.4) is 0 Å². The molecule has 1 aliphatic heterocycles. The third-order valence-electron chi connectivity index (χ3n) is 4.27. The molecular weight excluding hydrogens is 250 g/mol. The number of aromatic nitrogens is 1. The van der Waals surface area contributed by atoms with Crippen LogP contribution in [0.5, 0.6) is 0 Å². The topological polar surface area (TPSA) is 54.0 Å². The van der Waals surface area contributed by atoms with Gasteiger partial charge in [-0.3, -0.25) is 9.78 Å². The van der Waals surface area contributed by atoms with Crippen molar-refractivity contribution in [2.24, 2.45) is 5.41 Å². The number of hydrogen-bond acceptors (Lipinski definition) is 3. The summed E-state index contributed by atoms with van der Waals surface area (Å²) in [6, 6.07) is 1.98. The number of piperidine rings is 1. The highest BCUT2D eigenvalue weighted by molar-refractivity contribution is 5.83. The molecule has 1 atom stereocenters. The lowest BCUT2D eigenvalue weighted by atomic mass is 9.76. The van der Waals surface area contributed by atoms with Gasteiger partial charge in [-0.2, -0.15) is 0 Å². The van der Waals surface area contributed by atoms with E-state index in [2.05, 4.69) is 22.5 Å². The summed E-state index contributed by atoms with van der Waals surface area (Å²) in [7, 11) is 0. The normalized spacial score (nSPS) is 22.5. The summed E-state index contributed by atoms with van der Waals surface area (Å²) in [4.78, 5) is 16.7. The number of aryl methyl sites for hydroxylation is 1. The molecule has 20 heavy (non-hydrogen) atoms. The van der Waals surface area contributed by atoms with Crippen molar-refractivity contribution in [3.63, 3.8) is 0 Å². The van der Waals surface area contributed by atoms with Crippen LogP contribution >= 0.6 is 0 Å². The third-order valence-corrected chi connectivity index (χ3v) is 4.27. The van der Waals surface area contributed by atoms with Gasteiger partial charge < -0.3 is 10.6 Å². The quantitative estimate of drug-likeness (QED) is 0.866. The van der Waals surface area contributed by atoms with E-state index in [4.69, 9.17) is 0 Å². The maximum Gasteiger partial charge on any atom is 0.227 e. The minimum Gasteiger partial charge on any atom is -0.351 e. The molecule has 0 aromatic carbocycles. The molecule has 2 heterocycles. The number of rotatable bonds is 5. The minimum absolute atomic E-state index is 0.190. The summed E-state index contributed by atoms with van der Waals surface area (Å²) < 4.78 is 0. The molecule has 1 aliphatic rings. The van der Waals surface area contributed by atoms with Gasteiger partial charge in [0, 0.05) is 25.5 Å². The van der Waals surface area contributed by atoms with Crippen LogP contribution in [0.15, 0.2) is 18.5 Å². The highest BCUT2D eigenvalue weighted by atomic mass is 16.2. The Morgan fingerprint density at radius 3 is 3.05 bits per heavy atom. The predicted molar refractivity (Wildman–Crippen MR) is 80.3 cm³/mol. The van der Waals surface area contributed by atoms with Crippen LogP contribution < -0.4 is 10.6 Å². The average Bonchev–Trinajstić information content (AvgIpc) is 2.47. The van der Waals surface area contributed by atoms with E-state index in [0.717, 1.165) is 44.3 Å². The molecule has 0 aliphatic carbocycles. The molecule has 0 saturated carbocycles. The van der Waals surface area contributed by atoms with Gasteiger partial charge in [0.2, 0.25) is 5.91 Å². The first kappa shape index (κ1) is 15.0. The third kappa shape index (κ3) is 3.37. The van der Waals surface area contributed by atoms with Crippen molar-refractivity contribution in [2.45, 2.75) is 46.1 Å². The first-order valence-electron chi connectivity index (χ1n) is 7.56. The summed E-state index contributed by atoms with van der Waals surface area (Å²) in [5.41, 5.74) is 2.05. The zero-order valence-electron chi connectivity index (χ0n) is 12.5. The number of nitrogens with zero attached hydrogens (tertiary/aromatic N) is 1. The molecule has 4 nitrogen and oxygen atoms in total. The number of carbonyl (C=O) groups excluding carboxylic acids is 1. The molecule has 110 valence electrons. The predicted octanol–water partition coefficient (Wildman–Crippen LogP) is 2.18. The van der Waals surface area contributed by atoms with Gasteiger partial charge >= 0.3 is 0 Å². The lowest BCUT2D eigenvalue weighted by molar-refractivity contribution is -0.132. The van der Waals surface area contributed by atoms with Gasteiger partial charge in [-0.25, -0.2) is 0 Å². The second kappa shape index (κ2) is 6.84. The Morgan fingerprint density at radius 2 is 2.40 bits per heavy atom. The van der Waals surface area contributed by atoms with Crippen molar-refractivity contribution in [3.05, 3.63) is 29.6 Å². The molecule has 4 heteroatoms. The molecule has 1 aromatic rings. The number of amides is 1. The summed E-state index contributed by atoms with van der Waals surface area (Å²) >= 11 is 0. The summed E-state index contributed by atoms with van der Waals surface area (Å²) in [6.45, 7) is 6.60. The van der Waals surface area contributed by atoms with Crippen LogP contribution in [0.4, 0.5) is 0 Å². The molecule has 1 fully saturated rings. The molecule has 1 saturated heterocycles. The highest BCUT2D eigenvalue weighted by Gasteiger charge is 2.38. The van der Waals surface area contributed by atoms with Crippen molar-refractivity contribution >= 4 is 5.91 Å². The van der Waals surface area contributed by atoms with E-state index in [1.54, 1.807) is 6.20 Å². The second-order valence-corrected chi connectivity index (χ2v) is 5.80. The van der Waals surface area contributed by atoms with E-state index in [1.807, 2.05) is 19.2 Å². The van der Waals surface area contributed by atoms with Crippen LogP contribution in [0.2, 0.25) is 0 Å². The van der Waals surface area contributed by atoms with Gasteiger partial charge in [0.05, 0.1) is 5.41 Å². The van der Waals surface area contributed by atoms with Crippen molar-refractivity contribution in [1.82, 2.24) is 15.6 Å². The van der Waals surface area contributed by atoms with E-state index >= 15 is 0 Å². The smallest absolute Gasteiger partial charge is 0.227 e. The lowest BCUT2D eigenvalue weighted by Gasteiger charge is -2.36. The van der Waals surface area contributed by atoms with Crippen molar-refractivity contribution in [3.8, 4) is 0 Å². The van der Waals surface area contributed by atoms with E-state index < -0.39 is 0 Å². The first-order chi connectivity index (χ1) is 9.68. The van der Waals surface area contributed by atoms with E-state index in [9.17, 15) is 4.79 Å². The monoisotopic (exact) mass is 275 g/mol. The molecule has 0 spiro atoms. The van der Waals surface area contributed by atoms with Gasteiger partial charge in [0.25, 0.3) is 0 Å². The Bertz CT molecular complexity index is 447. The zero-order chi connectivity index (χ0) is 14.4. The molecular formula is C16H25N3O. The number of hydrogen-bond donors (Lipinski definition) is 2. The fraction of sp³-hybridized carbons (Fsp3) is 0.625. The lowest BCUT2D eigenvalue weighted by Crippen LogP contribution is -2.50. The Morgan fingerprint density at radius 1 is 1.55 bits per heavy atom. The van der Waals surface area contributed by atoms with E-state index in [-0.39, 0.29) is 11.3 Å². The highest BCUT2D eigenvalue weighted by Crippen LogP contribution is 2.32. The molecule has 1 aromatic heterocycles. The Kier molecular flexibility index (Phi) is 5.12. The van der Waals surface area contributed by atoms with Crippen LogP contribution in [0, 0.1) is 12.3 Å². The maximum atomic E-state index is 12.6. The fourth-order valence-electron chi connectivity index (χ4n) is 3.01. The zero-order valence-corrected chi connectivity index (χ0v) is 12.5. The largest absolute Gasteiger partial charge is 0.351 e. The molecule has 1 unspecified atom stereocenters. The Hall–Kier alpha value is -1.42. The Labute approximate surface area is 121 Å². The second-order valence-electron chi connectivity index (χ2n) is 5.80. The van der Waals surface area contributed by atoms with E-state index in [1.165, 1.54) is 5.56 Å². The van der Waals surface area contributed by atoms with Gasteiger partial charge in [0.15, 0.2) is 0 Å². The Balaban J connectivity index is 2.00. The summed E-state index contributed by atoms with van der Waals surface area (Å²) in [5.74, 6) is 0.190. The number of pyridine rings is 1. The van der Waals surface area contributed by atoms with Gasteiger partial charge in [0.1, 0.15) is 0 Å². The number of nitrogens with one attached hydrogen (secondary N) is 2. The van der Waals surface area contributed by atoms with Crippen molar-refractivity contribution < 1.29 is 4.79 Å². The SMILES string of the molecule is CCCC1(C(=O)NCc2cnccc2C)CCCNC1. The van der Waals surface area contributed by atoms with Gasteiger partial charge in [-0.05, 0) is 49.9 Å². The van der Waals surface area contributed by atoms with Gasteiger partial charge in [-0.15, -0.1) is 0 Å². The van der Waals surface area contributed by atoms with Crippen molar-refractivity contribution in [2.75, 3.05) is 13.1 Å². The molecule has 0 radical (unpaired) electrons. The summed E-state index contributed by atoms with van der Waals surface area (Å²) in [6.07, 6.45) is 7.69. The van der Waals surface area contributed by atoms with Crippen molar-refractivity contribution in [1.29, 1.82) is 0 Å². The van der Waals surface area contributed by atoms with Crippen LogP contribution in [-0.4, -0.2) is 24.0 Å². The molecule has 2 rings (SSSR count). The van der Waals surface area contributed by atoms with Crippen LogP contribution in [0.25, 0.3) is 0 Å². The van der Waals surface area contributed by atoms with Crippen LogP contribution in [-0.2, 0) is 11.3 Å². The van der Waals surface area contributed by atoms with Crippen LogP contribution in [0.1, 0.15) is 43.7 Å². The molecule has 2 N–H and O–H groups in total. The summed E-state index contributed by atoms with van der Waals surface area (Å²) in [5, 5.41) is 6.49. The molecule has 0 bridgehead atoms. The average molecular weight is 275 g/mol. The first-order valence-corrected chi connectivity index (χ1v) is 7.56. The van der Waals surface area contributed by atoms with E-state index in [0.29, 0.717) is 6.54 Å². The maximum absolute atomic E-state index is 12.6. The van der Waals surface area contributed by atoms with Gasteiger partial charge in [-0.1, -0.05) is 13.3 Å². The number of carbonyl (C=O) groups is 1. The minimum atomic E-state index is -0.219. The fourth-order valence-corrected chi connectivity index (χ4v) is 3.01. The standard InChI is InChI=1S/C16H25N3O/c1-3-6-16(7-4-8-18-12-16)15(20)19-11-14-10-17-9-5-13(14)2/h5,9-10,18H,3-4,6-8,11-12H2,1-2H3,(H,19,20). The molecule has 1 amide bonds.